The monoisotopic (exact) mass is 288 g/mol. The molecule has 110 valence electrons. The van der Waals surface area contributed by atoms with Gasteiger partial charge >= 0.3 is 0 Å². The molecule has 0 aromatic carbocycles. The van der Waals surface area contributed by atoms with Gasteiger partial charge in [-0.05, 0) is 26.7 Å². The highest BCUT2D eigenvalue weighted by molar-refractivity contribution is 5.96. The SMILES string of the molecule is CCC(CC)(CN)NC(=O)c1c(C)nn(C)c1C.Cl. The van der Waals surface area contributed by atoms with Crippen LogP contribution in [0.2, 0.25) is 0 Å². The molecule has 3 N–H and O–H groups in total. The summed E-state index contributed by atoms with van der Waals surface area (Å²) in [7, 11) is 1.84. The third-order valence-electron chi connectivity index (χ3n) is 3.86. The summed E-state index contributed by atoms with van der Waals surface area (Å²) in [5.74, 6) is -0.0766. The molecule has 0 atom stereocenters. The highest BCUT2D eigenvalue weighted by Crippen LogP contribution is 2.17. The van der Waals surface area contributed by atoms with Crippen LogP contribution >= 0.6 is 12.4 Å². The fraction of sp³-hybridized carbons (Fsp3) is 0.692. The number of aryl methyl sites for hydroxylation is 2. The number of carbonyl (C=O) groups is 1. The van der Waals surface area contributed by atoms with Crippen LogP contribution in [0, 0.1) is 13.8 Å². The number of nitrogens with zero attached hydrogens (tertiary/aromatic N) is 2. The van der Waals surface area contributed by atoms with Gasteiger partial charge < -0.3 is 11.1 Å². The van der Waals surface area contributed by atoms with E-state index in [-0.39, 0.29) is 23.9 Å². The first-order valence-electron chi connectivity index (χ1n) is 6.43. The Morgan fingerprint density at radius 3 is 2.21 bits per heavy atom. The number of nitrogens with two attached hydrogens (primary N) is 1. The van der Waals surface area contributed by atoms with E-state index >= 15 is 0 Å². The topological polar surface area (TPSA) is 72.9 Å². The van der Waals surface area contributed by atoms with Crippen molar-refractivity contribution in [3.8, 4) is 0 Å². The number of carbonyl (C=O) groups excluding carboxylic acids is 1. The van der Waals surface area contributed by atoms with Crippen molar-refractivity contribution in [2.75, 3.05) is 6.54 Å². The highest BCUT2D eigenvalue weighted by Gasteiger charge is 2.28. The molecule has 0 aliphatic rings. The zero-order chi connectivity index (χ0) is 13.9. The van der Waals surface area contributed by atoms with Crippen molar-refractivity contribution in [1.82, 2.24) is 15.1 Å². The molecule has 6 heteroatoms. The Labute approximate surface area is 121 Å². The van der Waals surface area contributed by atoms with E-state index in [0.29, 0.717) is 12.1 Å². The van der Waals surface area contributed by atoms with Crippen LogP contribution in [0.15, 0.2) is 0 Å². The summed E-state index contributed by atoms with van der Waals surface area (Å²) < 4.78 is 1.73. The average molecular weight is 289 g/mol. The first-order chi connectivity index (χ1) is 8.40. The standard InChI is InChI=1S/C13H24N4O.ClH/c1-6-13(7-2,8-14)15-12(18)11-9(3)16-17(5)10(11)4;/h6-8,14H2,1-5H3,(H,15,18);1H. The summed E-state index contributed by atoms with van der Waals surface area (Å²) in [5, 5.41) is 7.34. The minimum absolute atomic E-state index is 0. The molecule has 1 aromatic heterocycles. The van der Waals surface area contributed by atoms with E-state index in [1.165, 1.54) is 0 Å². The number of amides is 1. The van der Waals surface area contributed by atoms with E-state index in [0.717, 1.165) is 24.2 Å². The van der Waals surface area contributed by atoms with E-state index in [4.69, 9.17) is 5.73 Å². The van der Waals surface area contributed by atoms with Crippen LogP contribution in [0.1, 0.15) is 48.4 Å². The minimum atomic E-state index is -0.314. The zero-order valence-corrected chi connectivity index (χ0v) is 13.2. The molecule has 0 bridgehead atoms. The summed E-state index contributed by atoms with van der Waals surface area (Å²) >= 11 is 0. The molecule has 5 nitrogen and oxygen atoms in total. The third kappa shape index (κ3) is 3.48. The average Bonchev–Trinajstić information content (AvgIpc) is 2.60. The fourth-order valence-electron chi connectivity index (χ4n) is 2.17. The Bertz CT molecular complexity index is 430. The third-order valence-corrected chi connectivity index (χ3v) is 3.86. The number of rotatable bonds is 5. The maximum absolute atomic E-state index is 12.4. The second-order valence-corrected chi connectivity index (χ2v) is 4.82. The lowest BCUT2D eigenvalue weighted by molar-refractivity contribution is 0.0894. The molecule has 19 heavy (non-hydrogen) atoms. The van der Waals surface area contributed by atoms with E-state index in [2.05, 4.69) is 10.4 Å². The molecule has 0 fully saturated rings. The Morgan fingerprint density at radius 2 is 1.89 bits per heavy atom. The van der Waals surface area contributed by atoms with Gasteiger partial charge in [0.15, 0.2) is 0 Å². The molecule has 0 saturated carbocycles. The number of hydrogen-bond acceptors (Lipinski definition) is 3. The molecule has 1 rings (SSSR count). The normalized spacial score (nSPS) is 11.1. The Balaban J connectivity index is 0.00000324. The summed E-state index contributed by atoms with van der Waals surface area (Å²) in [6, 6.07) is 0. The summed E-state index contributed by atoms with van der Waals surface area (Å²) in [5.41, 5.74) is 7.78. The lowest BCUT2D eigenvalue weighted by Crippen LogP contribution is -2.53. The maximum Gasteiger partial charge on any atom is 0.255 e. The summed E-state index contributed by atoms with van der Waals surface area (Å²) in [6.45, 7) is 8.28. The van der Waals surface area contributed by atoms with Crippen molar-refractivity contribution in [3.05, 3.63) is 17.0 Å². The van der Waals surface area contributed by atoms with Crippen LogP contribution in [-0.2, 0) is 7.05 Å². The van der Waals surface area contributed by atoms with Gasteiger partial charge in [-0.25, -0.2) is 0 Å². The van der Waals surface area contributed by atoms with Crippen molar-refractivity contribution in [2.45, 2.75) is 46.1 Å². The van der Waals surface area contributed by atoms with E-state index < -0.39 is 0 Å². The highest BCUT2D eigenvalue weighted by atomic mass is 35.5. The minimum Gasteiger partial charge on any atom is -0.345 e. The van der Waals surface area contributed by atoms with Gasteiger partial charge in [0.2, 0.25) is 0 Å². The molecule has 1 aromatic rings. The van der Waals surface area contributed by atoms with Gasteiger partial charge in [0.05, 0.1) is 16.8 Å². The fourth-order valence-corrected chi connectivity index (χ4v) is 2.17. The Hall–Kier alpha value is -1.07. The maximum atomic E-state index is 12.4. The van der Waals surface area contributed by atoms with Crippen molar-refractivity contribution >= 4 is 18.3 Å². The number of nitrogens with one attached hydrogen (secondary N) is 1. The molecular weight excluding hydrogens is 264 g/mol. The smallest absolute Gasteiger partial charge is 0.255 e. The van der Waals surface area contributed by atoms with Crippen LogP contribution in [0.25, 0.3) is 0 Å². The molecule has 1 heterocycles. The molecule has 1 amide bonds. The van der Waals surface area contributed by atoms with Gasteiger partial charge in [-0.3, -0.25) is 9.48 Å². The molecule has 0 unspecified atom stereocenters. The molecule has 0 radical (unpaired) electrons. The molecule has 0 saturated heterocycles. The number of halogens is 1. The molecule has 0 aliphatic carbocycles. The lowest BCUT2D eigenvalue weighted by atomic mass is 9.92. The molecular formula is C13H25ClN4O. The van der Waals surface area contributed by atoms with E-state index in [1.54, 1.807) is 4.68 Å². The predicted molar refractivity (Wildman–Crippen MR) is 79.8 cm³/mol. The van der Waals surface area contributed by atoms with Crippen LogP contribution in [-0.4, -0.2) is 27.8 Å². The largest absolute Gasteiger partial charge is 0.345 e. The molecule has 0 aliphatic heterocycles. The van der Waals surface area contributed by atoms with Gasteiger partial charge in [-0.2, -0.15) is 5.10 Å². The first kappa shape index (κ1) is 17.9. The number of aromatic nitrogens is 2. The predicted octanol–water partition coefficient (Wildman–Crippen LogP) is 1.71. The van der Waals surface area contributed by atoms with Gasteiger partial charge in [0.1, 0.15) is 0 Å². The first-order valence-corrected chi connectivity index (χ1v) is 6.43. The Kier molecular flexibility index (Phi) is 6.52. The second kappa shape index (κ2) is 6.91. The van der Waals surface area contributed by atoms with Gasteiger partial charge in [-0.1, -0.05) is 13.8 Å². The van der Waals surface area contributed by atoms with Crippen LogP contribution in [0.3, 0.4) is 0 Å². The van der Waals surface area contributed by atoms with Crippen molar-refractivity contribution < 1.29 is 4.79 Å². The second-order valence-electron chi connectivity index (χ2n) is 4.82. The van der Waals surface area contributed by atoms with E-state index in [9.17, 15) is 4.79 Å². The van der Waals surface area contributed by atoms with Crippen LogP contribution < -0.4 is 11.1 Å². The zero-order valence-electron chi connectivity index (χ0n) is 12.4. The van der Waals surface area contributed by atoms with Gasteiger partial charge in [0, 0.05) is 19.3 Å². The quantitative estimate of drug-likeness (QED) is 0.866. The Morgan fingerprint density at radius 1 is 1.37 bits per heavy atom. The van der Waals surface area contributed by atoms with Crippen molar-refractivity contribution in [3.63, 3.8) is 0 Å². The van der Waals surface area contributed by atoms with Crippen LogP contribution in [0.4, 0.5) is 0 Å². The van der Waals surface area contributed by atoms with Gasteiger partial charge in [0.25, 0.3) is 5.91 Å². The van der Waals surface area contributed by atoms with Crippen molar-refractivity contribution in [2.24, 2.45) is 12.8 Å². The summed E-state index contributed by atoms with van der Waals surface area (Å²) in [4.78, 5) is 12.4. The molecule has 0 spiro atoms. The van der Waals surface area contributed by atoms with E-state index in [1.807, 2.05) is 34.7 Å². The van der Waals surface area contributed by atoms with Crippen molar-refractivity contribution in [1.29, 1.82) is 0 Å². The number of hydrogen-bond donors (Lipinski definition) is 2. The van der Waals surface area contributed by atoms with Gasteiger partial charge in [-0.15, -0.1) is 12.4 Å². The summed E-state index contributed by atoms with van der Waals surface area (Å²) in [6.07, 6.45) is 1.65. The van der Waals surface area contributed by atoms with Crippen LogP contribution in [0.5, 0.6) is 0 Å². The lowest BCUT2D eigenvalue weighted by Gasteiger charge is -2.31.